The lowest BCUT2D eigenvalue weighted by Gasteiger charge is -2.17. The first-order valence-corrected chi connectivity index (χ1v) is 7.79. The van der Waals surface area contributed by atoms with E-state index in [9.17, 15) is 0 Å². The zero-order valence-electron chi connectivity index (χ0n) is 12.9. The molecule has 1 saturated heterocycles. The molecule has 0 bridgehead atoms. The van der Waals surface area contributed by atoms with Crippen LogP contribution in [0.2, 0.25) is 5.02 Å². The molecular weight excluding hydrogens is 290 g/mol. The third-order valence-electron chi connectivity index (χ3n) is 3.34. The van der Waals surface area contributed by atoms with Crippen molar-refractivity contribution in [2.24, 2.45) is 5.92 Å². The number of benzene rings is 1. The van der Waals surface area contributed by atoms with Crippen LogP contribution in [0.1, 0.15) is 25.8 Å². The monoisotopic (exact) mass is 313 g/mol. The van der Waals surface area contributed by atoms with Crippen molar-refractivity contribution in [2.75, 3.05) is 26.9 Å². The summed E-state index contributed by atoms with van der Waals surface area (Å²) in [5, 5.41) is 3.98. The lowest BCUT2D eigenvalue weighted by Crippen LogP contribution is -2.19. The molecule has 0 aromatic heterocycles. The molecule has 1 N–H and O–H groups in total. The Morgan fingerprint density at radius 2 is 2.24 bits per heavy atom. The van der Waals surface area contributed by atoms with Crippen LogP contribution < -0.4 is 14.8 Å². The van der Waals surface area contributed by atoms with Crippen molar-refractivity contribution < 1.29 is 14.2 Å². The first-order valence-electron chi connectivity index (χ1n) is 7.41. The maximum Gasteiger partial charge on any atom is 0.180 e. The number of nitrogens with one attached hydrogen (secondary N) is 1. The summed E-state index contributed by atoms with van der Waals surface area (Å²) in [6.07, 6.45) is 0.943. The number of ether oxygens (including phenoxy) is 3. The highest BCUT2D eigenvalue weighted by Gasteiger charge is 2.21. The van der Waals surface area contributed by atoms with Crippen LogP contribution in [0.3, 0.4) is 0 Å². The Kier molecular flexibility index (Phi) is 6.15. The number of hydrogen-bond acceptors (Lipinski definition) is 4. The summed E-state index contributed by atoms with van der Waals surface area (Å²) in [6, 6.07) is 3.91. The standard InChI is InChI=1S/C16H24ClNO3/c1-11(2)8-18-9-12-6-14(17)16(15(7-12)19-3)21-13-4-5-20-10-13/h6-7,11,13,18H,4-5,8-10H2,1-3H3. The average Bonchev–Trinajstić information content (AvgIpc) is 2.94. The minimum absolute atomic E-state index is 0.0568. The quantitative estimate of drug-likeness (QED) is 0.838. The molecular formula is C16H24ClNO3. The van der Waals surface area contributed by atoms with Crippen molar-refractivity contribution in [1.29, 1.82) is 0 Å². The topological polar surface area (TPSA) is 39.7 Å². The predicted molar refractivity (Wildman–Crippen MR) is 84.4 cm³/mol. The van der Waals surface area contributed by atoms with Gasteiger partial charge in [0.25, 0.3) is 0 Å². The normalized spacial score (nSPS) is 18.2. The Balaban J connectivity index is 2.07. The van der Waals surface area contributed by atoms with E-state index in [2.05, 4.69) is 19.2 Å². The molecule has 1 fully saturated rings. The van der Waals surface area contributed by atoms with Gasteiger partial charge in [-0.1, -0.05) is 25.4 Å². The van der Waals surface area contributed by atoms with E-state index in [1.165, 1.54) is 0 Å². The summed E-state index contributed by atoms with van der Waals surface area (Å²) in [5.41, 5.74) is 1.09. The van der Waals surface area contributed by atoms with Gasteiger partial charge in [0.15, 0.2) is 11.5 Å². The summed E-state index contributed by atoms with van der Waals surface area (Å²) < 4.78 is 16.7. The van der Waals surface area contributed by atoms with Crippen molar-refractivity contribution in [1.82, 2.24) is 5.32 Å². The summed E-state index contributed by atoms with van der Waals surface area (Å²) in [5.74, 6) is 1.91. The molecule has 118 valence electrons. The maximum absolute atomic E-state index is 6.36. The van der Waals surface area contributed by atoms with E-state index >= 15 is 0 Å². The third kappa shape index (κ3) is 4.77. The SMILES string of the molecule is COc1cc(CNCC(C)C)cc(Cl)c1OC1CCOC1. The van der Waals surface area contributed by atoms with Crippen molar-refractivity contribution >= 4 is 11.6 Å². The van der Waals surface area contributed by atoms with Crippen LogP contribution in [-0.2, 0) is 11.3 Å². The fraction of sp³-hybridized carbons (Fsp3) is 0.625. The van der Waals surface area contributed by atoms with Crippen molar-refractivity contribution in [3.05, 3.63) is 22.7 Å². The van der Waals surface area contributed by atoms with E-state index < -0.39 is 0 Å². The first-order chi connectivity index (χ1) is 10.1. The Morgan fingerprint density at radius 1 is 1.43 bits per heavy atom. The van der Waals surface area contributed by atoms with Crippen molar-refractivity contribution in [3.63, 3.8) is 0 Å². The van der Waals surface area contributed by atoms with Gasteiger partial charge in [0.2, 0.25) is 0 Å². The number of rotatable bonds is 7. The second-order valence-electron chi connectivity index (χ2n) is 5.74. The van der Waals surface area contributed by atoms with Crippen molar-refractivity contribution in [3.8, 4) is 11.5 Å². The van der Waals surface area contributed by atoms with E-state index in [4.69, 9.17) is 25.8 Å². The Hall–Kier alpha value is -0.970. The maximum atomic E-state index is 6.36. The molecule has 1 atom stereocenters. The first kappa shape index (κ1) is 16.4. The van der Waals surface area contributed by atoms with Gasteiger partial charge < -0.3 is 19.5 Å². The lowest BCUT2D eigenvalue weighted by molar-refractivity contribution is 0.138. The van der Waals surface area contributed by atoms with Gasteiger partial charge in [-0.15, -0.1) is 0 Å². The fourth-order valence-electron chi connectivity index (χ4n) is 2.27. The number of hydrogen-bond donors (Lipinski definition) is 1. The second-order valence-corrected chi connectivity index (χ2v) is 6.14. The van der Waals surface area contributed by atoms with E-state index in [-0.39, 0.29) is 6.10 Å². The molecule has 4 nitrogen and oxygen atoms in total. The zero-order valence-corrected chi connectivity index (χ0v) is 13.7. The van der Waals surface area contributed by atoms with E-state index in [1.54, 1.807) is 7.11 Å². The van der Waals surface area contributed by atoms with Gasteiger partial charge in [-0.05, 0) is 30.2 Å². The van der Waals surface area contributed by atoms with Crippen LogP contribution >= 0.6 is 11.6 Å². The van der Waals surface area contributed by atoms with Gasteiger partial charge in [0, 0.05) is 13.0 Å². The molecule has 1 unspecified atom stereocenters. The molecule has 2 rings (SSSR count). The Labute approximate surface area is 131 Å². The highest BCUT2D eigenvalue weighted by Crippen LogP contribution is 2.37. The Bertz CT molecular complexity index is 459. The molecule has 0 amide bonds. The van der Waals surface area contributed by atoms with Crippen LogP contribution in [-0.4, -0.2) is 33.0 Å². The average molecular weight is 314 g/mol. The zero-order chi connectivity index (χ0) is 15.2. The molecule has 0 saturated carbocycles. The minimum Gasteiger partial charge on any atom is -0.493 e. The molecule has 0 radical (unpaired) electrons. The smallest absolute Gasteiger partial charge is 0.180 e. The molecule has 1 aromatic rings. The molecule has 1 aromatic carbocycles. The summed E-state index contributed by atoms with van der Waals surface area (Å²) in [4.78, 5) is 0. The lowest BCUT2D eigenvalue weighted by atomic mass is 10.1. The third-order valence-corrected chi connectivity index (χ3v) is 3.62. The number of halogens is 1. The molecule has 1 aliphatic rings. The second kappa shape index (κ2) is 7.87. The van der Waals surface area contributed by atoms with Crippen LogP contribution in [0, 0.1) is 5.92 Å². The highest BCUT2D eigenvalue weighted by atomic mass is 35.5. The molecule has 0 spiro atoms. The van der Waals surface area contributed by atoms with Gasteiger partial charge in [0.1, 0.15) is 6.10 Å². The van der Waals surface area contributed by atoms with Crippen molar-refractivity contribution in [2.45, 2.75) is 32.9 Å². The van der Waals surface area contributed by atoms with E-state index in [0.29, 0.717) is 29.0 Å². The molecule has 1 aliphatic heterocycles. The van der Waals surface area contributed by atoms with E-state index in [1.807, 2.05) is 12.1 Å². The molecule has 1 heterocycles. The minimum atomic E-state index is 0.0568. The fourth-order valence-corrected chi connectivity index (χ4v) is 2.55. The van der Waals surface area contributed by atoms with Gasteiger partial charge in [-0.3, -0.25) is 0 Å². The van der Waals surface area contributed by atoms with Gasteiger partial charge in [-0.25, -0.2) is 0 Å². The number of methoxy groups -OCH3 is 1. The predicted octanol–water partition coefficient (Wildman–Crippen LogP) is 3.26. The molecule has 5 heteroatoms. The molecule has 0 aliphatic carbocycles. The molecule has 21 heavy (non-hydrogen) atoms. The Morgan fingerprint density at radius 3 is 2.86 bits per heavy atom. The van der Waals surface area contributed by atoms with Crippen LogP contribution in [0.5, 0.6) is 11.5 Å². The highest BCUT2D eigenvalue weighted by molar-refractivity contribution is 6.32. The van der Waals surface area contributed by atoms with Crippen LogP contribution in [0.4, 0.5) is 0 Å². The van der Waals surface area contributed by atoms with Gasteiger partial charge >= 0.3 is 0 Å². The van der Waals surface area contributed by atoms with Gasteiger partial charge in [-0.2, -0.15) is 0 Å². The van der Waals surface area contributed by atoms with Crippen LogP contribution in [0.25, 0.3) is 0 Å². The summed E-state index contributed by atoms with van der Waals surface area (Å²) >= 11 is 6.36. The largest absolute Gasteiger partial charge is 0.493 e. The summed E-state index contributed by atoms with van der Waals surface area (Å²) in [7, 11) is 1.63. The van der Waals surface area contributed by atoms with Crippen LogP contribution in [0.15, 0.2) is 12.1 Å². The van der Waals surface area contributed by atoms with Gasteiger partial charge in [0.05, 0.1) is 25.3 Å². The van der Waals surface area contributed by atoms with E-state index in [0.717, 1.165) is 31.7 Å². The summed E-state index contributed by atoms with van der Waals surface area (Å²) in [6.45, 7) is 7.44.